The van der Waals surface area contributed by atoms with Crippen LogP contribution < -0.4 is 5.73 Å². The molecule has 1 fully saturated rings. The van der Waals surface area contributed by atoms with Crippen LogP contribution in [0.2, 0.25) is 5.02 Å². The lowest BCUT2D eigenvalue weighted by Gasteiger charge is -2.34. The molecular weight excluding hydrogens is 273 g/mol. The van der Waals surface area contributed by atoms with Gasteiger partial charge in [-0.25, -0.2) is 4.39 Å². The minimum Gasteiger partial charge on any atom is -0.327 e. The molecule has 1 nitrogen and oxygen atoms in total. The Bertz CT molecular complexity index is 439. The van der Waals surface area contributed by atoms with Crippen molar-refractivity contribution in [2.45, 2.75) is 52.0 Å². The molecule has 1 unspecified atom stereocenters. The van der Waals surface area contributed by atoms with E-state index in [1.807, 2.05) is 6.07 Å². The smallest absolute Gasteiger partial charge is 0.142 e. The van der Waals surface area contributed by atoms with Crippen LogP contribution in [0.5, 0.6) is 0 Å². The van der Waals surface area contributed by atoms with Gasteiger partial charge < -0.3 is 5.73 Å². The Morgan fingerprint density at radius 2 is 1.80 bits per heavy atom. The van der Waals surface area contributed by atoms with Gasteiger partial charge in [-0.3, -0.25) is 0 Å². The standard InChI is InChI=1S/C17H25ClFN/c1-11(2)12-6-8-13(9-7-12)16(20)10-14-4-3-5-15(19)17(14)18/h3-5,11-13,16H,6-10,20H2,1-2H3. The van der Waals surface area contributed by atoms with E-state index < -0.39 is 0 Å². The van der Waals surface area contributed by atoms with Crippen LogP contribution in [0.25, 0.3) is 0 Å². The van der Waals surface area contributed by atoms with Gasteiger partial charge in [0.05, 0.1) is 5.02 Å². The van der Waals surface area contributed by atoms with Crippen molar-refractivity contribution in [3.05, 3.63) is 34.6 Å². The lowest BCUT2D eigenvalue weighted by molar-refractivity contribution is 0.202. The van der Waals surface area contributed by atoms with Gasteiger partial charge in [-0.1, -0.05) is 37.6 Å². The maximum absolute atomic E-state index is 13.4. The lowest BCUT2D eigenvalue weighted by atomic mass is 9.74. The molecule has 1 atom stereocenters. The van der Waals surface area contributed by atoms with Gasteiger partial charge in [-0.05, 0) is 61.5 Å². The van der Waals surface area contributed by atoms with Crippen molar-refractivity contribution in [2.75, 3.05) is 0 Å². The van der Waals surface area contributed by atoms with Crippen LogP contribution in [0, 0.1) is 23.6 Å². The first kappa shape index (κ1) is 15.8. The molecule has 1 aliphatic rings. The van der Waals surface area contributed by atoms with Crippen molar-refractivity contribution in [2.24, 2.45) is 23.5 Å². The summed E-state index contributed by atoms with van der Waals surface area (Å²) < 4.78 is 13.4. The number of rotatable bonds is 4. The molecule has 0 saturated heterocycles. The van der Waals surface area contributed by atoms with Crippen LogP contribution in [-0.2, 0) is 6.42 Å². The van der Waals surface area contributed by atoms with Crippen molar-refractivity contribution < 1.29 is 4.39 Å². The van der Waals surface area contributed by atoms with Gasteiger partial charge in [0, 0.05) is 6.04 Å². The second kappa shape index (κ2) is 6.91. The van der Waals surface area contributed by atoms with Gasteiger partial charge in [0.2, 0.25) is 0 Å². The fraction of sp³-hybridized carbons (Fsp3) is 0.647. The highest BCUT2D eigenvalue weighted by atomic mass is 35.5. The summed E-state index contributed by atoms with van der Waals surface area (Å²) in [5, 5.41) is 0.235. The number of hydrogen-bond acceptors (Lipinski definition) is 1. The highest BCUT2D eigenvalue weighted by Crippen LogP contribution is 2.35. The fourth-order valence-corrected chi connectivity index (χ4v) is 3.57. The van der Waals surface area contributed by atoms with Crippen LogP contribution in [0.1, 0.15) is 45.1 Å². The lowest BCUT2D eigenvalue weighted by Crippen LogP contribution is -2.35. The molecule has 1 aromatic rings. The molecule has 0 radical (unpaired) electrons. The van der Waals surface area contributed by atoms with Gasteiger partial charge in [-0.2, -0.15) is 0 Å². The molecular formula is C17H25ClFN. The fourth-order valence-electron chi connectivity index (χ4n) is 3.37. The van der Waals surface area contributed by atoms with Gasteiger partial charge in [0.15, 0.2) is 0 Å². The summed E-state index contributed by atoms with van der Waals surface area (Å²) in [4.78, 5) is 0. The molecule has 3 heteroatoms. The molecule has 0 bridgehead atoms. The van der Waals surface area contributed by atoms with E-state index in [1.54, 1.807) is 6.07 Å². The third-order valence-corrected chi connectivity index (χ3v) is 5.28. The minimum absolute atomic E-state index is 0.0856. The minimum atomic E-state index is -0.347. The zero-order valence-corrected chi connectivity index (χ0v) is 13.2. The van der Waals surface area contributed by atoms with Crippen LogP contribution in [0.15, 0.2) is 18.2 Å². The Morgan fingerprint density at radius 1 is 1.20 bits per heavy atom. The third kappa shape index (κ3) is 3.73. The molecule has 0 aliphatic heterocycles. The molecule has 112 valence electrons. The Labute approximate surface area is 126 Å². The quantitative estimate of drug-likeness (QED) is 0.848. The predicted molar refractivity (Wildman–Crippen MR) is 83.4 cm³/mol. The van der Waals surface area contributed by atoms with Crippen LogP contribution in [0.3, 0.4) is 0 Å². The van der Waals surface area contributed by atoms with E-state index in [1.165, 1.54) is 31.7 Å². The van der Waals surface area contributed by atoms with Crippen molar-refractivity contribution in [3.8, 4) is 0 Å². The van der Waals surface area contributed by atoms with Gasteiger partial charge in [-0.15, -0.1) is 0 Å². The average molecular weight is 298 g/mol. The monoisotopic (exact) mass is 297 g/mol. The summed E-state index contributed by atoms with van der Waals surface area (Å²) in [5.41, 5.74) is 7.18. The largest absolute Gasteiger partial charge is 0.327 e. The highest BCUT2D eigenvalue weighted by molar-refractivity contribution is 6.31. The Morgan fingerprint density at radius 3 is 2.40 bits per heavy atom. The van der Waals surface area contributed by atoms with E-state index in [2.05, 4.69) is 13.8 Å². The summed E-state index contributed by atoms with van der Waals surface area (Å²) in [5.74, 6) is 1.81. The SMILES string of the molecule is CC(C)C1CCC(C(N)Cc2cccc(F)c2Cl)CC1. The Kier molecular flexibility index (Phi) is 5.45. The van der Waals surface area contributed by atoms with Crippen LogP contribution in [0.4, 0.5) is 4.39 Å². The molecule has 2 rings (SSSR count). The number of benzene rings is 1. The van der Waals surface area contributed by atoms with Crippen LogP contribution in [-0.4, -0.2) is 6.04 Å². The molecule has 20 heavy (non-hydrogen) atoms. The first-order chi connectivity index (χ1) is 9.49. The van der Waals surface area contributed by atoms with Crippen molar-refractivity contribution in [1.29, 1.82) is 0 Å². The maximum Gasteiger partial charge on any atom is 0.142 e. The molecule has 1 aromatic carbocycles. The molecule has 1 saturated carbocycles. The number of hydrogen-bond donors (Lipinski definition) is 1. The second-order valence-corrected chi connectivity index (χ2v) is 6.88. The number of halogens is 2. The molecule has 0 heterocycles. The van der Waals surface area contributed by atoms with Gasteiger partial charge >= 0.3 is 0 Å². The zero-order chi connectivity index (χ0) is 14.7. The van der Waals surface area contributed by atoms with Crippen molar-refractivity contribution in [3.63, 3.8) is 0 Å². The van der Waals surface area contributed by atoms with E-state index in [9.17, 15) is 4.39 Å². The van der Waals surface area contributed by atoms with E-state index in [0.717, 1.165) is 17.4 Å². The topological polar surface area (TPSA) is 26.0 Å². The van der Waals surface area contributed by atoms with E-state index in [4.69, 9.17) is 17.3 Å². The molecule has 0 aromatic heterocycles. The average Bonchev–Trinajstić information content (AvgIpc) is 2.44. The first-order valence-electron chi connectivity index (χ1n) is 7.67. The van der Waals surface area contributed by atoms with Gasteiger partial charge in [0.25, 0.3) is 0 Å². The summed E-state index contributed by atoms with van der Waals surface area (Å²) >= 11 is 6.01. The van der Waals surface area contributed by atoms with Crippen molar-refractivity contribution in [1.82, 2.24) is 0 Å². The summed E-state index contributed by atoms with van der Waals surface area (Å²) in [6.45, 7) is 4.61. The summed E-state index contributed by atoms with van der Waals surface area (Å²) in [6, 6.07) is 5.07. The Balaban J connectivity index is 1.93. The van der Waals surface area contributed by atoms with E-state index in [-0.39, 0.29) is 16.9 Å². The number of nitrogens with two attached hydrogens (primary N) is 1. The molecule has 0 amide bonds. The highest BCUT2D eigenvalue weighted by Gasteiger charge is 2.27. The van der Waals surface area contributed by atoms with Crippen LogP contribution >= 0.6 is 11.6 Å². The first-order valence-corrected chi connectivity index (χ1v) is 8.05. The third-order valence-electron chi connectivity index (χ3n) is 4.85. The Hall–Kier alpha value is -0.600. The summed E-state index contributed by atoms with van der Waals surface area (Å²) in [7, 11) is 0. The van der Waals surface area contributed by atoms with Crippen molar-refractivity contribution >= 4 is 11.6 Å². The maximum atomic E-state index is 13.4. The normalized spacial score (nSPS) is 24.9. The molecule has 2 N–H and O–H groups in total. The second-order valence-electron chi connectivity index (χ2n) is 6.50. The molecule has 0 spiro atoms. The predicted octanol–water partition coefficient (Wildman–Crippen LogP) is 4.81. The molecule has 1 aliphatic carbocycles. The zero-order valence-electron chi connectivity index (χ0n) is 12.4. The summed E-state index contributed by atoms with van der Waals surface area (Å²) in [6.07, 6.45) is 5.60. The van der Waals surface area contributed by atoms with E-state index >= 15 is 0 Å². The van der Waals surface area contributed by atoms with Gasteiger partial charge in [0.1, 0.15) is 5.82 Å². The van der Waals surface area contributed by atoms with E-state index in [0.29, 0.717) is 12.3 Å².